The van der Waals surface area contributed by atoms with Crippen LogP contribution in [0.3, 0.4) is 0 Å². The van der Waals surface area contributed by atoms with Gasteiger partial charge in [0, 0.05) is 18.2 Å². The summed E-state index contributed by atoms with van der Waals surface area (Å²) in [5.41, 5.74) is 1.73. The van der Waals surface area contributed by atoms with Crippen LogP contribution in [0.2, 0.25) is 0 Å². The second-order valence-electron chi connectivity index (χ2n) is 5.34. The van der Waals surface area contributed by atoms with Crippen molar-refractivity contribution in [3.8, 4) is 17.1 Å². The summed E-state index contributed by atoms with van der Waals surface area (Å²) in [6, 6.07) is 9.46. The average molecular weight is 314 g/mol. The van der Waals surface area contributed by atoms with E-state index in [0.717, 1.165) is 22.8 Å². The minimum absolute atomic E-state index is 0.531. The maximum Gasteiger partial charge on any atom is 0.241 e. The maximum atomic E-state index is 5.32. The van der Waals surface area contributed by atoms with Crippen molar-refractivity contribution in [2.75, 3.05) is 14.2 Å². The summed E-state index contributed by atoms with van der Waals surface area (Å²) in [7, 11) is 3.58. The molecule has 0 saturated carbocycles. The molecule has 0 radical (unpaired) electrons. The summed E-state index contributed by atoms with van der Waals surface area (Å²) in [5.74, 6) is 2.65. The van der Waals surface area contributed by atoms with Gasteiger partial charge in [-0.25, -0.2) is 0 Å². The topological polar surface area (TPSA) is 77.4 Å². The van der Waals surface area contributed by atoms with Crippen LogP contribution in [-0.2, 0) is 13.1 Å². The number of rotatable bonds is 6. The van der Waals surface area contributed by atoms with Gasteiger partial charge in [-0.15, -0.1) is 0 Å². The van der Waals surface area contributed by atoms with Crippen LogP contribution in [0.25, 0.3) is 11.4 Å². The Morgan fingerprint density at radius 1 is 1.13 bits per heavy atom. The van der Waals surface area contributed by atoms with E-state index in [1.807, 2.05) is 49.2 Å². The molecule has 0 aliphatic rings. The molecule has 2 heterocycles. The molecular formula is C16H18N4O3. The minimum atomic E-state index is 0.531. The zero-order chi connectivity index (χ0) is 16.2. The molecule has 0 unspecified atom stereocenters. The third kappa shape index (κ3) is 3.75. The molecular weight excluding hydrogens is 296 g/mol. The summed E-state index contributed by atoms with van der Waals surface area (Å²) in [6.07, 6.45) is 0. The monoisotopic (exact) mass is 314 g/mol. The maximum absolute atomic E-state index is 5.32. The Labute approximate surface area is 133 Å². The molecule has 0 atom stereocenters. The zero-order valence-electron chi connectivity index (χ0n) is 13.3. The molecule has 2 aromatic heterocycles. The smallest absolute Gasteiger partial charge is 0.241 e. The van der Waals surface area contributed by atoms with Crippen LogP contribution in [0.15, 0.2) is 39.4 Å². The van der Waals surface area contributed by atoms with Gasteiger partial charge in [0.1, 0.15) is 11.5 Å². The first kappa shape index (κ1) is 15.2. The summed E-state index contributed by atoms with van der Waals surface area (Å²) < 4.78 is 15.6. The van der Waals surface area contributed by atoms with E-state index in [-0.39, 0.29) is 0 Å². The first-order valence-electron chi connectivity index (χ1n) is 7.22. The van der Waals surface area contributed by atoms with E-state index >= 15 is 0 Å². The van der Waals surface area contributed by atoms with Gasteiger partial charge in [-0.2, -0.15) is 4.98 Å². The Morgan fingerprint density at radius 2 is 2.00 bits per heavy atom. The molecule has 0 fully saturated rings. The zero-order valence-corrected chi connectivity index (χ0v) is 13.3. The molecule has 1 aromatic carbocycles. The number of hydrogen-bond donors (Lipinski definition) is 0. The van der Waals surface area contributed by atoms with E-state index < -0.39 is 0 Å². The van der Waals surface area contributed by atoms with E-state index in [1.165, 1.54) is 0 Å². The summed E-state index contributed by atoms with van der Waals surface area (Å²) in [5, 5.41) is 8.00. The first-order valence-corrected chi connectivity index (χ1v) is 7.22. The molecule has 0 spiro atoms. The largest absolute Gasteiger partial charge is 0.497 e. The van der Waals surface area contributed by atoms with Gasteiger partial charge in [0.2, 0.25) is 11.7 Å². The lowest BCUT2D eigenvalue weighted by molar-refractivity contribution is 0.254. The fourth-order valence-corrected chi connectivity index (χ4v) is 2.25. The average Bonchev–Trinajstić information content (AvgIpc) is 3.16. The lowest BCUT2D eigenvalue weighted by Crippen LogP contribution is -2.17. The van der Waals surface area contributed by atoms with E-state index in [9.17, 15) is 0 Å². The predicted molar refractivity (Wildman–Crippen MR) is 82.7 cm³/mol. The third-order valence-electron chi connectivity index (χ3n) is 3.31. The molecule has 0 bridgehead atoms. The van der Waals surface area contributed by atoms with Crippen molar-refractivity contribution in [2.24, 2.45) is 0 Å². The second kappa shape index (κ2) is 6.62. The molecule has 0 amide bonds. The molecule has 7 heteroatoms. The van der Waals surface area contributed by atoms with E-state index in [4.69, 9.17) is 13.8 Å². The van der Waals surface area contributed by atoms with Crippen molar-refractivity contribution >= 4 is 0 Å². The van der Waals surface area contributed by atoms with Crippen molar-refractivity contribution in [1.29, 1.82) is 0 Å². The van der Waals surface area contributed by atoms with Crippen LogP contribution in [0.1, 0.15) is 17.3 Å². The van der Waals surface area contributed by atoms with Crippen LogP contribution >= 0.6 is 0 Å². The number of benzene rings is 1. The van der Waals surface area contributed by atoms with Gasteiger partial charge in [-0.1, -0.05) is 22.4 Å². The molecule has 7 nitrogen and oxygen atoms in total. The van der Waals surface area contributed by atoms with Gasteiger partial charge in [0.15, 0.2) is 0 Å². The lowest BCUT2D eigenvalue weighted by Gasteiger charge is -2.11. The highest BCUT2D eigenvalue weighted by atomic mass is 16.5. The molecule has 0 N–H and O–H groups in total. The van der Waals surface area contributed by atoms with Gasteiger partial charge in [0.05, 0.1) is 19.3 Å². The molecule has 0 aliphatic carbocycles. The van der Waals surface area contributed by atoms with Crippen LogP contribution in [0.4, 0.5) is 0 Å². The quantitative estimate of drug-likeness (QED) is 0.692. The second-order valence-corrected chi connectivity index (χ2v) is 5.34. The molecule has 3 rings (SSSR count). The number of aryl methyl sites for hydroxylation is 1. The summed E-state index contributed by atoms with van der Waals surface area (Å²) in [6.45, 7) is 3.05. The van der Waals surface area contributed by atoms with Crippen molar-refractivity contribution in [1.82, 2.24) is 20.2 Å². The number of methoxy groups -OCH3 is 1. The Hall–Kier alpha value is -2.67. The Bertz CT molecular complexity index is 781. The standard InChI is InChI=1S/C16H18N4O3/c1-11-7-13(18-22-11)9-20(2)10-15-17-16(19-23-15)12-5-4-6-14(8-12)21-3/h4-8H,9-10H2,1-3H3. The predicted octanol–water partition coefficient (Wildman–Crippen LogP) is 2.67. The molecule has 0 aliphatic heterocycles. The lowest BCUT2D eigenvalue weighted by atomic mass is 10.2. The number of hydrogen-bond acceptors (Lipinski definition) is 7. The van der Waals surface area contributed by atoms with Crippen molar-refractivity contribution in [3.63, 3.8) is 0 Å². The molecule has 120 valence electrons. The van der Waals surface area contributed by atoms with Gasteiger partial charge >= 0.3 is 0 Å². The fraction of sp³-hybridized carbons (Fsp3) is 0.312. The van der Waals surface area contributed by atoms with Crippen molar-refractivity contribution in [2.45, 2.75) is 20.0 Å². The van der Waals surface area contributed by atoms with Crippen LogP contribution < -0.4 is 4.74 Å². The number of nitrogens with zero attached hydrogens (tertiary/aromatic N) is 4. The molecule has 23 heavy (non-hydrogen) atoms. The van der Waals surface area contributed by atoms with Gasteiger partial charge in [-0.3, -0.25) is 4.90 Å². The number of ether oxygens (including phenoxy) is 1. The van der Waals surface area contributed by atoms with Gasteiger partial charge < -0.3 is 13.8 Å². The molecule has 3 aromatic rings. The van der Waals surface area contributed by atoms with Crippen molar-refractivity contribution < 1.29 is 13.8 Å². The van der Waals surface area contributed by atoms with E-state index in [1.54, 1.807) is 7.11 Å². The Morgan fingerprint density at radius 3 is 2.74 bits per heavy atom. The van der Waals surface area contributed by atoms with E-state index in [0.29, 0.717) is 24.8 Å². The van der Waals surface area contributed by atoms with Crippen molar-refractivity contribution in [3.05, 3.63) is 47.7 Å². The molecule has 0 saturated heterocycles. The normalized spacial score (nSPS) is 11.1. The number of aromatic nitrogens is 3. The van der Waals surface area contributed by atoms with Crippen LogP contribution in [0, 0.1) is 6.92 Å². The minimum Gasteiger partial charge on any atom is -0.497 e. The van der Waals surface area contributed by atoms with Gasteiger partial charge in [-0.05, 0) is 26.1 Å². The highest BCUT2D eigenvalue weighted by Crippen LogP contribution is 2.21. The summed E-state index contributed by atoms with van der Waals surface area (Å²) >= 11 is 0. The van der Waals surface area contributed by atoms with Gasteiger partial charge in [0.25, 0.3) is 0 Å². The Balaban J connectivity index is 1.66. The highest BCUT2D eigenvalue weighted by molar-refractivity contribution is 5.56. The van der Waals surface area contributed by atoms with E-state index in [2.05, 4.69) is 15.3 Å². The van der Waals surface area contributed by atoms with Crippen LogP contribution in [-0.4, -0.2) is 34.4 Å². The highest BCUT2D eigenvalue weighted by Gasteiger charge is 2.12. The Kier molecular flexibility index (Phi) is 4.38. The fourth-order valence-electron chi connectivity index (χ4n) is 2.25. The SMILES string of the molecule is COc1cccc(-c2noc(CN(C)Cc3cc(C)on3)n2)c1. The van der Waals surface area contributed by atoms with Crippen LogP contribution in [0.5, 0.6) is 5.75 Å². The third-order valence-corrected chi connectivity index (χ3v) is 3.31. The summed E-state index contributed by atoms with van der Waals surface area (Å²) in [4.78, 5) is 6.45. The first-order chi connectivity index (χ1) is 11.1.